The molecule has 1 heterocycles. The minimum Gasteiger partial charge on any atom is -0.406 e. The Labute approximate surface area is 114 Å². The molecule has 0 saturated carbocycles. The Hall–Kier alpha value is -2.24. The Balaban J connectivity index is 1.99. The van der Waals surface area contributed by atoms with Gasteiger partial charge in [0.05, 0.1) is 12.2 Å². The number of nitrogens with one attached hydrogen (secondary N) is 1. The minimum absolute atomic E-state index is 0.251. The van der Waals surface area contributed by atoms with Crippen LogP contribution < -0.4 is 10.1 Å². The molecule has 1 aromatic heterocycles. The van der Waals surface area contributed by atoms with Crippen molar-refractivity contribution >= 4 is 5.69 Å². The van der Waals surface area contributed by atoms with E-state index >= 15 is 0 Å². The second-order valence-corrected chi connectivity index (χ2v) is 4.26. The smallest absolute Gasteiger partial charge is 0.406 e. The van der Waals surface area contributed by atoms with Crippen molar-refractivity contribution in [1.82, 2.24) is 4.98 Å². The molecule has 0 amide bonds. The van der Waals surface area contributed by atoms with Gasteiger partial charge in [0.15, 0.2) is 0 Å². The monoisotopic (exact) mass is 282 g/mol. The summed E-state index contributed by atoms with van der Waals surface area (Å²) in [5.41, 5.74) is 2.39. The minimum atomic E-state index is -4.68. The number of benzene rings is 1. The standard InChI is InChI=1S/C14H13F3N2O/c1-10-5-6-12(18-8-10)9-19-11-3-2-4-13(7-11)20-14(15,16)17/h2-8,19H,9H2,1H3. The van der Waals surface area contributed by atoms with Gasteiger partial charge in [-0.3, -0.25) is 4.98 Å². The van der Waals surface area contributed by atoms with Gasteiger partial charge in [0, 0.05) is 18.0 Å². The number of ether oxygens (including phenoxy) is 1. The second kappa shape index (κ2) is 5.81. The van der Waals surface area contributed by atoms with Crippen LogP contribution in [0.25, 0.3) is 0 Å². The first-order valence-electron chi connectivity index (χ1n) is 5.93. The molecule has 3 nitrogen and oxygen atoms in total. The Kier molecular flexibility index (Phi) is 4.12. The highest BCUT2D eigenvalue weighted by Crippen LogP contribution is 2.25. The van der Waals surface area contributed by atoms with Crippen LogP contribution >= 0.6 is 0 Å². The largest absolute Gasteiger partial charge is 0.573 e. The molecule has 106 valence electrons. The van der Waals surface area contributed by atoms with Crippen molar-refractivity contribution in [3.05, 3.63) is 53.9 Å². The summed E-state index contributed by atoms with van der Waals surface area (Å²) in [6, 6.07) is 9.49. The molecule has 20 heavy (non-hydrogen) atoms. The van der Waals surface area contributed by atoms with Crippen LogP contribution in [0.3, 0.4) is 0 Å². The van der Waals surface area contributed by atoms with Gasteiger partial charge in [0.25, 0.3) is 0 Å². The predicted octanol–water partition coefficient (Wildman–Crippen LogP) is 3.90. The van der Waals surface area contributed by atoms with Crippen LogP contribution in [0.5, 0.6) is 5.75 Å². The molecule has 0 atom stereocenters. The van der Waals surface area contributed by atoms with Crippen molar-refractivity contribution in [3.8, 4) is 5.75 Å². The molecule has 0 fully saturated rings. The highest BCUT2D eigenvalue weighted by atomic mass is 19.4. The maximum atomic E-state index is 12.1. The molecular weight excluding hydrogens is 269 g/mol. The second-order valence-electron chi connectivity index (χ2n) is 4.26. The third-order valence-corrected chi connectivity index (χ3v) is 2.51. The molecule has 0 saturated heterocycles. The lowest BCUT2D eigenvalue weighted by Gasteiger charge is -2.11. The van der Waals surface area contributed by atoms with E-state index in [4.69, 9.17) is 0 Å². The third-order valence-electron chi connectivity index (χ3n) is 2.51. The van der Waals surface area contributed by atoms with Gasteiger partial charge in [-0.2, -0.15) is 0 Å². The van der Waals surface area contributed by atoms with Crippen LogP contribution in [0.2, 0.25) is 0 Å². The molecule has 0 bridgehead atoms. The van der Waals surface area contributed by atoms with E-state index in [0.29, 0.717) is 12.2 Å². The van der Waals surface area contributed by atoms with E-state index in [2.05, 4.69) is 15.0 Å². The molecule has 0 aliphatic heterocycles. The number of pyridine rings is 1. The Morgan fingerprint density at radius 3 is 2.65 bits per heavy atom. The summed E-state index contributed by atoms with van der Waals surface area (Å²) in [6.07, 6.45) is -2.95. The van der Waals surface area contributed by atoms with E-state index < -0.39 is 6.36 Å². The molecule has 0 radical (unpaired) electrons. The Bertz CT molecular complexity index is 567. The normalized spacial score (nSPS) is 11.2. The Morgan fingerprint density at radius 1 is 1.20 bits per heavy atom. The van der Waals surface area contributed by atoms with Gasteiger partial charge in [0.2, 0.25) is 0 Å². The molecular formula is C14H13F3N2O. The van der Waals surface area contributed by atoms with E-state index in [1.807, 2.05) is 19.1 Å². The molecule has 1 N–H and O–H groups in total. The highest BCUT2D eigenvalue weighted by molar-refractivity contribution is 5.48. The zero-order chi connectivity index (χ0) is 14.6. The van der Waals surface area contributed by atoms with Gasteiger partial charge in [-0.05, 0) is 30.7 Å². The topological polar surface area (TPSA) is 34.1 Å². The van der Waals surface area contributed by atoms with Crippen molar-refractivity contribution in [1.29, 1.82) is 0 Å². The van der Waals surface area contributed by atoms with Crippen molar-refractivity contribution in [2.75, 3.05) is 5.32 Å². The highest BCUT2D eigenvalue weighted by Gasteiger charge is 2.31. The third kappa shape index (κ3) is 4.46. The molecule has 6 heteroatoms. The van der Waals surface area contributed by atoms with Gasteiger partial charge in [-0.1, -0.05) is 12.1 Å². The molecule has 1 aromatic carbocycles. The predicted molar refractivity (Wildman–Crippen MR) is 69.4 cm³/mol. The van der Waals surface area contributed by atoms with Gasteiger partial charge < -0.3 is 10.1 Å². The summed E-state index contributed by atoms with van der Waals surface area (Å²) < 4.78 is 40.2. The van der Waals surface area contributed by atoms with Crippen LogP contribution in [0, 0.1) is 6.92 Å². The van der Waals surface area contributed by atoms with Crippen LogP contribution in [-0.2, 0) is 6.54 Å². The molecule has 0 aliphatic rings. The molecule has 0 spiro atoms. The maximum Gasteiger partial charge on any atom is 0.573 e. The summed E-state index contributed by atoms with van der Waals surface area (Å²) in [5, 5.41) is 3.00. The van der Waals surface area contributed by atoms with E-state index in [9.17, 15) is 13.2 Å². The van der Waals surface area contributed by atoms with Crippen LogP contribution in [0.4, 0.5) is 18.9 Å². The lowest BCUT2D eigenvalue weighted by atomic mass is 10.2. The number of nitrogens with zero attached hydrogens (tertiary/aromatic N) is 1. The summed E-state index contributed by atoms with van der Waals surface area (Å²) in [7, 11) is 0. The van der Waals surface area contributed by atoms with E-state index in [0.717, 1.165) is 11.3 Å². The van der Waals surface area contributed by atoms with Crippen LogP contribution in [0.15, 0.2) is 42.6 Å². The van der Waals surface area contributed by atoms with Gasteiger partial charge in [-0.15, -0.1) is 13.2 Å². The number of hydrogen-bond acceptors (Lipinski definition) is 3. The average molecular weight is 282 g/mol. The fraction of sp³-hybridized carbons (Fsp3) is 0.214. The lowest BCUT2D eigenvalue weighted by Crippen LogP contribution is -2.17. The molecule has 0 aliphatic carbocycles. The van der Waals surface area contributed by atoms with E-state index in [-0.39, 0.29) is 5.75 Å². The zero-order valence-corrected chi connectivity index (χ0v) is 10.7. The first-order chi connectivity index (χ1) is 9.42. The number of halogens is 3. The quantitative estimate of drug-likeness (QED) is 0.923. The molecule has 2 aromatic rings. The molecule has 2 rings (SSSR count). The number of rotatable bonds is 4. The summed E-state index contributed by atoms with van der Waals surface area (Å²) in [4.78, 5) is 4.20. The molecule has 0 unspecified atom stereocenters. The maximum absolute atomic E-state index is 12.1. The van der Waals surface area contributed by atoms with Crippen molar-refractivity contribution in [2.45, 2.75) is 19.8 Å². The van der Waals surface area contributed by atoms with Gasteiger partial charge in [0.1, 0.15) is 5.75 Å². The van der Waals surface area contributed by atoms with Crippen molar-refractivity contribution < 1.29 is 17.9 Å². The number of aryl methyl sites for hydroxylation is 1. The van der Waals surface area contributed by atoms with E-state index in [1.165, 1.54) is 18.2 Å². The first-order valence-corrected chi connectivity index (χ1v) is 5.93. The number of anilines is 1. The van der Waals surface area contributed by atoms with E-state index in [1.54, 1.807) is 12.3 Å². The van der Waals surface area contributed by atoms with Crippen LogP contribution in [-0.4, -0.2) is 11.3 Å². The Morgan fingerprint density at radius 2 is 2.00 bits per heavy atom. The SMILES string of the molecule is Cc1ccc(CNc2cccc(OC(F)(F)F)c2)nc1. The summed E-state index contributed by atoms with van der Waals surface area (Å²) in [6.45, 7) is 2.36. The lowest BCUT2D eigenvalue weighted by molar-refractivity contribution is -0.274. The van der Waals surface area contributed by atoms with Gasteiger partial charge in [-0.25, -0.2) is 0 Å². The summed E-state index contributed by atoms with van der Waals surface area (Å²) in [5.74, 6) is -0.251. The van der Waals surface area contributed by atoms with Crippen LogP contribution in [0.1, 0.15) is 11.3 Å². The number of alkyl halides is 3. The number of hydrogen-bond donors (Lipinski definition) is 1. The fourth-order valence-electron chi connectivity index (χ4n) is 1.60. The summed E-state index contributed by atoms with van der Waals surface area (Å²) >= 11 is 0. The average Bonchev–Trinajstić information content (AvgIpc) is 2.36. The van der Waals surface area contributed by atoms with Crippen molar-refractivity contribution in [2.24, 2.45) is 0 Å². The van der Waals surface area contributed by atoms with Gasteiger partial charge >= 0.3 is 6.36 Å². The fourth-order valence-corrected chi connectivity index (χ4v) is 1.60. The van der Waals surface area contributed by atoms with Crippen molar-refractivity contribution in [3.63, 3.8) is 0 Å². The number of aromatic nitrogens is 1. The zero-order valence-electron chi connectivity index (χ0n) is 10.7. The first kappa shape index (κ1) is 14.2.